The molecule has 1 heterocycles. The first-order chi connectivity index (χ1) is 7.17. The molecule has 3 heteroatoms. The topological polar surface area (TPSA) is 48.1 Å². The molecule has 1 rings (SSSR count). The predicted molar refractivity (Wildman–Crippen MR) is 61.8 cm³/mol. The second-order valence-corrected chi connectivity index (χ2v) is 3.77. The highest BCUT2D eigenvalue weighted by Gasteiger charge is 2.05. The van der Waals surface area contributed by atoms with E-state index in [1.807, 2.05) is 19.1 Å². The van der Waals surface area contributed by atoms with E-state index in [0.29, 0.717) is 0 Å². The van der Waals surface area contributed by atoms with Crippen molar-refractivity contribution in [3.8, 4) is 5.75 Å². The summed E-state index contributed by atoms with van der Waals surface area (Å²) in [6.07, 6.45) is 3.88. The molecule has 0 aromatic carbocycles. The maximum atomic E-state index is 5.87. The number of aromatic nitrogens is 1. The second kappa shape index (κ2) is 5.71. The fraction of sp³-hybridized carbons (Fsp3) is 0.583. The minimum absolute atomic E-state index is 0.0302. The van der Waals surface area contributed by atoms with Gasteiger partial charge in [0.15, 0.2) is 0 Å². The van der Waals surface area contributed by atoms with Gasteiger partial charge in [0.05, 0.1) is 18.0 Å². The van der Waals surface area contributed by atoms with Crippen LogP contribution in [0.1, 0.15) is 45.3 Å². The lowest BCUT2D eigenvalue weighted by atomic mass is 10.1. The average Bonchev–Trinajstić information content (AvgIpc) is 2.29. The van der Waals surface area contributed by atoms with Gasteiger partial charge >= 0.3 is 0 Å². The number of pyridine rings is 1. The minimum atomic E-state index is 0.0302. The Labute approximate surface area is 91.7 Å². The van der Waals surface area contributed by atoms with Crippen LogP contribution in [0.4, 0.5) is 0 Å². The monoisotopic (exact) mass is 208 g/mol. The molecule has 1 aromatic rings. The number of ether oxygens (including phenoxy) is 1. The summed E-state index contributed by atoms with van der Waals surface area (Å²) in [6, 6.07) is 3.90. The van der Waals surface area contributed by atoms with Crippen LogP contribution in [-0.4, -0.2) is 11.1 Å². The van der Waals surface area contributed by atoms with Crippen LogP contribution in [-0.2, 0) is 0 Å². The van der Waals surface area contributed by atoms with E-state index in [1.165, 1.54) is 0 Å². The Morgan fingerprint density at radius 1 is 1.33 bits per heavy atom. The minimum Gasteiger partial charge on any atom is -0.489 e. The van der Waals surface area contributed by atoms with Gasteiger partial charge in [-0.3, -0.25) is 4.98 Å². The molecule has 0 fully saturated rings. The first-order valence-corrected chi connectivity index (χ1v) is 5.55. The predicted octanol–water partition coefficient (Wildman–Crippen LogP) is 2.67. The Morgan fingerprint density at radius 2 is 2.07 bits per heavy atom. The van der Waals surface area contributed by atoms with E-state index in [1.54, 1.807) is 6.20 Å². The van der Waals surface area contributed by atoms with Crippen LogP contribution in [0.25, 0.3) is 0 Å². The molecule has 2 N–H and O–H groups in total. The van der Waals surface area contributed by atoms with Crippen LogP contribution in [0, 0.1) is 0 Å². The maximum Gasteiger partial charge on any atom is 0.138 e. The summed E-state index contributed by atoms with van der Waals surface area (Å²) in [5, 5.41) is 0. The van der Waals surface area contributed by atoms with Gasteiger partial charge in [-0.15, -0.1) is 0 Å². The summed E-state index contributed by atoms with van der Waals surface area (Å²) < 4.78 is 5.63. The molecule has 0 aliphatic carbocycles. The molecule has 2 atom stereocenters. The van der Waals surface area contributed by atoms with Gasteiger partial charge in [-0.05, 0) is 31.9 Å². The fourth-order valence-electron chi connectivity index (χ4n) is 1.21. The lowest BCUT2D eigenvalue weighted by Gasteiger charge is -2.13. The lowest BCUT2D eigenvalue weighted by molar-refractivity contribution is 0.216. The second-order valence-electron chi connectivity index (χ2n) is 3.77. The summed E-state index contributed by atoms with van der Waals surface area (Å²) >= 11 is 0. The van der Waals surface area contributed by atoms with Crippen molar-refractivity contribution >= 4 is 0 Å². The van der Waals surface area contributed by atoms with Crippen molar-refractivity contribution in [1.29, 1.82) is 0 Å². The van der Waals surface area contributed by atoms with Crippen molar-refractivity contribution in [1.82, 2.24) is 4.98 Å². The highest BCUT2D eigenvalue weighted by Crippen LogP contribution is 2.16. The van der Waals surface area contributed by atoms with E-state index in [0.717, 1.165) is 24.3 Å². The Balaban J connectivity index is 2.64. The zero-order valence-corrected chi connectivity index (χ0v) is 9.73. The molecule has 0 bridgehead atoms. The van der Waals surface area contributed by atoms with Crippen LogP contribution in [0.3, 0.4) is 0 Å². The molecular formula is C12H20N2O. The van der Waals surface area contributed by atoms with E-state index in [2.05, 4.69) is 18.8 Å². The summed E-state index contributed by atoms with van der Waals surface area (Å²) in [7, 11) is 0. The molecule has 0 amide bonds. The molecule has 0 spiro atoms. The Kier molecular flexibility index (Phi) is 4.56. The molecular weight excluding hydrogens is 188 g/mol. The van der Waals surface area contributed by atoms with E-state index < -0.39 is 0 Å². The summed E-state index contributed by atoms with van der Waals surface area (Å²) in [4.78, 5) is 4.29. The number of hydrogen-bond acceptors (Lipinski definition) is 3. The van der Waals surface area contributed by atoms with E-state index >= 15 is 0 Å². The fourth-order valence-corrected chi connectivity index (χ4v) is 1.21. The summed E-state index contributed by atoms with van der Waals surface area (Å²) in [5.74, 6) is 0.816. The first-order valence-electron chi connectivity index (χ1n) is 5.55. The molecule has 84 valence electrons. The van der Waals surface area contributed by atoms with Crippen LogP contribution >= 0.6 is 0 Å². The van der Waals surface area contributed by atoms with Crippen molar-refractivity contribution in [3.63, 3.8) is 0 Å². The van der Waals surface area contributed by atoms with Gasteiger partial charge in [0, 0.05) is 6.04 Å². The molecule has 0 aliphatic rings. The molecule has 0 saturated carbocycles. The standard InChI is InChI=1S/C12H20N2O/c1-4-9(3)15-10-6-7-12(14-8-10)11(13)5-2/h6-9,11H,4-5,13H2,1-3H3/t9?,11-/m1/s1. The maximum absolute atomic E-state index is 5.87. The average molecular weight is 208 g/mol. The third kappa shape index (κ3) is 3.51. The highest BCUT2D eigenvalue weighted by molar-refractivity contribution is 5.21. The third-order valence-electron chi connectivity index (χ3n) is 2.49. The Hall–Kier alpha value is -1.09. The van der Waals surface area contributed by atoms with Gasteiger partial charge in [-0.25, -0.2) is 0 Å². The van der Waals surface area contributed by atoms with E-state index in [4.69, 9.17) is 10.5 Å². The van der Waals surface area contributed by atoms with Crippen LogP contribution in [0.2, 0.25) is 0 Å². The van der Waals surface area contributed by atoms with Gasteiger partial charge in [0.25, 0.3) is 0 Å². The molecule has 3 nitrogen and oxygen atoms in total. The number of hydrogen-bond donors (Lipinski definition) is 1. The Bertz CT molecular complexity index is 284. The normalized spacial score (nSPS) is 14.7. The SMILES string of the molecule is CCC(C)Oc1ccc([C@H](N)CC)nc1. The zero-order valence-electron chi connectivity index (χ0n) is 9.73. The summed E-state index contributed by atoms with van der Waals surface area (Å²) in [6.45, 7) is 6.20. The van der Waals surface area contributed by atoms with Gasteiger partial charge in [-0.2, -0.15) is 0 Å². The van der Waals surface area contributed by atoms with E-state index in [9.17, 15) is 0 Å². The number of nitrogens with zero attached hydrogens (tertiary/aromatic N) is 1. The summed E-state index contributed by atoms with van der Waals surface area (Å²) in [5.41, 5.74) is 6.79. The lowest BCUT2D eigenvalue weighted by Crippen LogP contribution is -2.12. The smallest absolute Gasteiger partial charge is 0.138 e. The quantitative estimate of drug-likeness (QED) is 0.809. The number of rotatable bonds is 5. The molecule has 0 saturated heterocycles. The van der Waals surface area contributed by atoms with Gasteiger partial charge < -0.3 is 10.5 Å². The van der Waals surface area contributed by atoms with Crippen molar-refractivity contribution in [2.75, 3.05) is 0 Å². The zero-order chi connectivity index (χ0) is 11.3. The van der Waals surface area contributed by atoms with Crippen LogP contribution < -0.4 is 10.5 Å². The molecule has 1 aromatic heterocycles. The van der Waals surface area contributed by atoms with Crippen molar-refractivity contribution in [2.45, 2.75) is 45.8 Å². The third-order valence-corrected chi connectivity index (χ3v) is 2.49. The molecule has 1 unspecified atom stereocenters. The molecule has 0 aliphatic heterocycles. The largest absolute Gasteiger partial charge is 0.489 e. The van der Waals surface area contributed by atoms with Crippen molar-refractivity contribution < 1.29 is 4.74 Å². The van der Waals surface area contributed by atoms with E-state index in [-0.39, 0.29) is 12.1 Å². The van der Waals surface area contributed by atoms with Gasteiger partial charge in [-0.1, -0.05) is 13.8 Å². The van der Waals surface area contributed by atoms with Crippen molar-refractivity contribution in [3.05, 3.63) is 24.0 Å². The molecule has 0 radical (unpaired) electrons. The highest BCUT2D eigenvalue weighted by atomic mass is 16.5. The first kappa shape index (κ1) is 12.0. The number of nitrogens with two attached hydrogens (primary N) is 1. The van der Waals surface area contributed by atoms with Crippen LogP contribution in [0.5, 0.6) is 5.75 Å². The Morgan fingerprint density at radius 3 is 2.53 bits per heavy atom. The van der Waals surface area contributed by atoms with Gasteiger partial charge in [0.1, 0.15) is 5.75 Å². The van der Waals surface area contributed by atoms with Gasteiger partial charge in [0.2, 0.25) is 0 Å². The van der Waals surface area contributed by atoms with Crippen LogP contribution in [0.15, 0.2) is 18.3 Å². The molecule has 15 heavy (non-hydrogen) atoms. The van der Waals surface area contributed by atoms with Crippen molar-refractivity contribution in [2.24, 2.45) is 5.73 Å².